The summed E-state index contributed by atoms with van der Waals surface area (Å²) in [5, 5.41) is 10.5. The molecule has 0 fully saturated rings. The Morgan fingerprint density at radius 2 is 1.83 bits per heavy atom. The molecule has 3 aromatic rings. The predicted molar refractivity (Wildman–Crippen MR) is 82.1 cm³/mol. The number of hydrogen-bond donors (Lipinski definition) is 2. The lowest BCUT2D eigenvalue weighted by molar-refractivity contribution is 0.0997. The van der Waals surface area contributed by atoms with Crippen molar-refractivity contribution in [1.29, 1.82) is 0 Å². The van der Waals surface area contributed by atoms with Crippen LogP contribution in [0.3, 0.4) is 0 Å². The number of hydrogen-bond acceptors (Lipinski definition) is 5. The minimum absolute atomic E-state index is 0.174. The van der Waals surface area contributed by atoms with E-state index in [4.69, 9.17) is 5.73 Å². The van der Waals surface area contributed by atoms with E-state index in [2.05, 4.69) is 20.5 Å². The van der Waals surface area contributed by atoms with E-state index in [-0.39, 0.29) is 5.69 Å². The molecule has 8 nitrogen and oxygen atoms in total. The lowest BCUT2D eigenvalue weighted by Crippen LogP contribution is -2.15. The summed E-state index contributed by atoms with van der Waals surface area (Å²) in [7, 11) is 0. The van der Waals surface area contributed by atoms with Gasteiger partial charge in [0.2, 0.25) is 5.91 Å². The van der Waals surface area contributed by atoms with Crippen LogP contribution in [0.15, 0.2) is 55.1 Å². The number of imidazole rings is 1. The highest BCUT2D eigenvalue weighted by Gasteiger charge is 2.09. The van der Waals surface area contributed by atoms with Gasteiger partial charge in [-0.05, 0) is 36.4 Å². The molecule has 0 aliphatic carbocycles. The van der Waals surface area contributed by atoms with Crippen molar-refractivity contribution in [3.8, 4) is 5.82 Å². The van der Waals surface area contributed by atoms with Crippen molar-refractivity contribution in [2.45, 2.75) is 0 Å². The van der Waals surface area contributed by atoms with E-state index in [1.54, 1.807) is 47.6 Å². The molecule has 0 saturated heterocycles. The number of nitrogens with zero attached hydrogens (tertiary/aromatic N) is 4. The van der Waals surface area contributed by atoms with E-state index in [1.807, 2.05) is 0 Å². The molecule has 23 heavy (non-hydrogen) atoms. The summed E-state index contributed by atoms with van der Waals surface area (Å²) in [6.07, 6.45) is 4.94. The first kappa shape index (κ1) is 14.4. The fourth-order valence-electron chi connectivity index (χ4n) is 1.89. The van der Waals surface area contributed by atoms with Crippen molar-refractivity contribution < 1.29 is 9.59 Å². The van der Waals surface area contributed by atoms with Crippen LogP contribution < -0.4 is 11.1 Å². The van der Waals surface area contributed by atoms with Gasteiger partial charge in [0.15, 0.2) is 11.5 Å². The number of primary amides is 1. The molecule has 0 aliphatic heterocycles. The summed E-state index contributed by atoms with van der Waals surface area (Å²) in [5.74, 6) is -0.366. The second kappa shape index (κ2) is 6.06. The van der Waals surface area contributed by atoms with Crippen molar-refractivity contribution in [3.63, 3.8) is 0 Å². The Balaban J connectivity index is 1.71. The van der Waals surface area contributed by atoms with Crippen LogP contribution in [0.25, 0.3) is 5.82 Å². The van der Waals surface area contributed by atoms with Crippen molar-refractivity contribution in [1.82, 2.24) is 19.7 Å². The van der Waals surface area contributed by atoms with Gasteiger partial charge >= 0.3 is 0 Å². The van der Waals surface area contributed by atoms with Crippen LogP contribution >= 0.6 is 0 Å². The summed E-state index contributed by atoms with van der Waals surface area (Å²) in [6, 6.07) is 9.48. The van der Waals surface area contributed by atoms with E-state index in [9.17, 15) is 9.59 Å². The first-order valence-electron chi connectivity index (χ1n) is 6.67. The number of carbonyl (C=O) groups is 2. The van der Waals surface area contributed by atoms with Crippen LogP contribution in [0.4, 0.5) is 5.69 Å². The van der Waals surface area contributed by atoms with Crippen LogP contribution in [0.1, 0.15) is 20.8 Å². The van der Waals surface area contributed by atoms with E-state index in [0.29, 0.717) is 17.1 Å². The fraction of sp³-hybridized carbons (Fsp3) is 0. The molecular formula is C15H12N6O2. The SMILES string of the molecule is NC(=O)c1ccc(NC(=O)c2ccc(-n3ccnc3)nn2)cc1. The van der Waals surface area contributed by atoms with Crippen molar-refractivity contribution in [3.05, 3.63) is 66.4 Å². The molecule has 8 heteroatoms. The van der Waals surface area contributed by atoms with Crippen molar-refractivity contribution in [2.24, 2.45) is 5.73 Å². The van der Waals surface area contributed by atoms with Crippen molar-refractivity contribution in [2.75, 3.05) is 5.32 Å². The second-order valence-electron chi connectivity index (χ2n) is 4.64. The smallest absolute Gasteiger partial charge is 0.276 e. The van der Waals surface area contributed by atoms with Gasteiger partial charge in [0.1, 0.15) is 6.33 Å². The summed E-state index contributed by atoms with van der Waals surface area (Å²) in [4.78, 5) is 27.0. The Kier molecular flexibility index (Phi) is 3.79. The van der Waals surface area contributed by atoms with E-state index >= 15 is 0 Å². The van der Waals surface area contributed by atoms with Gasteiger partial charge in [-0.25, -0.2) is 4.98 Å². The van der Waals surface area contributed by atoms with Crippen LogP contribution in [0, 0.1) is 0 Å². The van der Waals surface area contributed by atoms with Gasteiger partial charge in [-0.3, -0.25) is 14.2 Å². The maximum Gasteiger partial charge on any atom is 0.276 e. The highest BCUT2D eigenvalue weighted by molar-refractivity contribution is 6.03. The molecule has 0 radical (unpaired) electrons. The van der Waals surface area contributed by atoms with Gasteiger partial charge in [0.25, 0.3) is 5.91 Å². The normalized spacial score (nSPS) is 10.3. The average molecular weight is 308 g/mol. The van der Waals surface area contributed by atoms with Gasteiger partial charge in [0.05, 0.1) is 0 Å². The summed E-state index contributed by atoms with van der Waals surface area (Å²) < 4.78 is 1.68. The molecule has 2 aromatic heterocycles. The minimum atomic E-state index is -0.524. The number of nitrogens with one attached hydrogen (secondary N) is 1. The molecule has 3 N–H and O–H groups in total. The zero-order chi connectivity index (χ0) is 16.2. The quantitative estimate of drug-likeness (QED) is 0.746. The number of amides is 2. The molecule has 3 rings (SSSR count). The first-order chi connectivity index (χ1) is 11.1. The third-order valence-corrected chi connectivity index (χ3v) is 3.08. The number of carbonyl (C=O) groups excluding carboxylic acids is 2. The molecule has 0 bridgehead atoms. The largest absolute Gasteiger partial charge is 0.366 e. The zero-order valence-electron chi connectivity index (χ0n) is 11.9. The van der Waals surface area contributed by atoms with Gasteiger partial charge in [0, 0.05) is 23.6 Å². The fourth-order valence-corrected chi connectivity index (χ4v) is 1.89. The Morgan fingerprint density at radius 1 is 1.04 bits per heavy atom. The lowest BCUT2D eigenvalue weighted by atomic mass is 10.2. The maximum absolute atomic E-state index is 12.1. The molecule has 0 unspecified atom stereocenters. The highest BCUT2D eigenvalue weighted by atomic mass is 16.2. The molecule has 0 saturated carbocycles. The molecule has 0 spiro atoms. The third kappa shape index (κ3) is 3.21. The van der Waals surface area contributed by atoms with Gasteiger partial charge in [-0.2, -0.15) is 0 Å². The Morgan fingerprint density at radius 3 is 2.39 bits per heavy atom. The zero-order valence-corrected chi connectivity index (χ0v) is 11.9. The topological polar surface area (TPSA) is 116 Å². The summed E-state index contributed by atoms with van der Waals surface area (Å²) in [6.45, 7) is 0. The second-order valence-corrected chi connectivity index (χ2v) is 4.64. The molecule has 2 heterocycles. The van der Waals surface area contributed by atoms with Crippen LogP contribution in [0.2, 0.25) is 0 Å². The van der Waals surface area contributed by atoms with Crippen LogP contribution in [-0.2, 0) is 0 Å². The van der Waals surface area contributed by atoms with Crippen LogP contribution in [-0.4, -0.2) is 31.6 Å². The molecule has 1 aromatic carbocycles. The molecule has 0 atom stereocenters. The number of nitrogens with two attached hydrogens (primary N) is 1. The Labute approximate surface area is 131 Å². The maximum atomic E-state index is 12.1. The molecular weight excluding hydrogens is 296 g/mol. The van der Waals surface area contributed by atoms with Crippen LogP contribution in [0.5, 0.6) is 0 Å². The number of benzene rings is 1. The number of anilines is 1. The highest BCUT2D eigenvalue weighted by Crippen LogP contribution is 2.11. The third-order valence-electron chi connectivity index (χ3n) is 3.08. The van der Waals surface area contributed by atoms with Gasteiger partial charge < -0.3 is 11.1 Å². The van der Waals surface area contributed by atoms with E-state index in [0.717, 1.165) is 0 Å². The summed E-state index contributed by atoms with van der Waals surface area (Å²) in [5.41, 5.74) is 6.23. The monoisotopic (exact) mass is 308 g/mol. The Bertz CT molecular complexity index is 825. The minimum Gasteiger partial charge on any atom is -0.366 e. The van der Waals surface area contributed by atoms with Gasteiger partial charge in [-0.1, -0.05) is 0 Å². The summed E-state index contributed by atoms with van der Waals surface area (Å²) >= 11 is 0. The molecule has 2 amide bonds. The lowest BCUT2D eigenvalue weighted by Gasteiger charge is -2.05. The van der Waals surface area contributed by atoms with Gasteiger partial charge in [-0.15, -0.1) is 10.2 Å². The molecule has 114 valence electrons. The molecule has 0 aliphatic rings. The Hall–Kier alpha value is -3.55. The van der Waals surface area contributed by atoms with E-state index < -0.39 is 11.8 Å². The van der Waals surface area contributed by atoms with Crippen molar-refractivity contribution >= 4 is 17.5 Å². The number of rotatable bonds is 4. The standard InChI is InChI=1S/C15H12N6O2/c16-14(22)10-1-3-11(4-2-10)18-15(23)12-5-6-13(20-19-12)21-8-7-17-9-21/h1-9H,(H2,16,22)(H,18,23). The number of aromatic nitrogens is 4. The average Bonchev–Trinajstić information content (AvgIpc) is 3.10. The first-order valence-corrected chi connectivity index (χ1v) is 6.67. The van der Waals surface area contributed by atoms with E-state index in [1.165, 1.54) is 12.1 Å². The predicted octanol–water partition coefficient (Wildman–Crippen LogP) is 1.01.